The molecule has 3 rings (SSSR count). The van der Waals surface area contributed by atoms with E-state index in [1.54, 1.807) is 7.11 Å². The molecule has 0 bridgehead atoms. The molecule has 0 amide bonds. The maximum atomic E-state index is 13.1. The first-order valence-corrected chi connectivity index (χ1v) is 6.96. The highest BCUT2D eigenvalue weighted by atomic mass is 32.1. The lowest BCUT2D eigenvalue weighted by Crippen LogP contribution is -2.39. The summed E-state index contributed by atoms with van der Waals surface area (Å²) in [6, 6.07) is 5.70. The average Bonchev–Trinajstić information content (AvgIpc) is 2.81. The number of benzene rings is 1. The highest BCUT2D eigenvalue weighted by Crippen LogP contribution is 2.35. The van der Waals surface area contributed by atoms with Gasteiger partial charge in [-0.05, 0) is 12.1 Å². The molecule has 102 valence electrons. The molecule has 0 atom stereocenters. The van der Waals surface area contributed by atoms with Crippen molar-refractivity contribution in [2.75, 3.05) is 25.1 Å². The summed E-state index contributed by atoms with van der Waals surface area (Å²) >= 11 is 1.54. The quantitative estimate of drug-likeness (QED) is 0.843. The number of rotatable bonds is 2. The Kier molecular flexibility index (Phi) is 3.05. The average molecular weight is 284 g/mol. The largest absolute Gasteiger partial charge is 0.497 e. The van der Waals surface area contributed by atoms with Gasteiger partial charge < -0.3 is 9.64 Å². The van der Waals surface area contributed by atoms with Crippen LogP contribution in [0.15, 0.2) is 18.2 Å². The van der Waals surface area contributed by atoms with Crippen LogP contribution in [0.3, 0.4) is 0 Å². The predicted octanol–water partition coefficient (Wildman–Crippen LogP) is 3.54. The van der Waals surface area contributed by atoms with E-state index in [1.807, 2.05) is 23.1 Å². The first-order valence-electron chi connectivity index (χ1n) is 6.15. The highest BCUT2D eigenvalue weighted by Gasteiger charge is 2.34. The number of fused-ring (bicyclic) bond motifs is 1. The molecular formula is C13H14F2N2OS. The zero-order valence-electron chi connectivity index (χ0n) is 10.5. The normalized spacial score (nSPS) is 18.8. The highest BCUT2D eigenvalue weighted by molar-refractivity contribution is 7.22. The number of hydrogen-bond acceptors (Lipinski definition) is 4. The third kappa shape index (κ3) is 2.49. The number of thiazole rings is 1. The van der Waals surface area contributed by atoms with Gasteiger partial charge in [-0.3, -0.25) is 0 Å². The minimum Gasteiger partial charge on any atom is -0.497 e. The standard InChI is InChI=1S/C13H14F2N2OS/c1-18-9-2-3-11-10(8-9)16-12(19-11)17-6-4-13(14,15)5-7-17/h2-3,8H,4-7H2,1H3. The van der Waals surface area contributed by atoms with E-state index < -0.39 is 5.92 Å². The van der Waals surface area contributed by atoms with Gasteiger partial charge in [-0.15, -0.1) is 0 Å². The lowest BCUT2D eigenvalue weighted by molar-refractivity contribution is -0.0220. The molecule has 2 aromatic rings. The Bertz CT molecular complexity index is 589. The fourth-order valence-electron chi connectivity index (χ4n) is 2.18. The Balaban J connectivity index is 1.85. The minimum atomic E-state index is -2.52. The van der Waals surface area contributed by atoms with Gasteiger partial charge in [0.05, 0.1) is 17.3 Å². The minimum absolute atomic E-state index is 0.0910. The van der Waals surface area contributed by atoms with E-state index in [-0.39, 0.29) is 12.8 Å². The second-order valence-electron chi connectivity index (χ2n) is 4.67. The topological polar surface area (TPSA) is 25.4 Å². The van der Waals surface area contributed by atoms with Crippen molar-refractivity contribution in [1.29, 1.82) is 0 Å². The molecule has 1 aromatic heterocycles. The van der Waals surface area contributed by atoms with Crippen molar-refractivity contribution in [3.05, 3.63) is 18.2 Å². The van der Waals surface area contributed by atoms with Crippen LogP contribution in [-0.4, -0.2) is 31.1 Å². The Morgan fingerprint density at radius 2 is 2.05 bits per heavy atom. The number of nitrogens with zero attached hydrogens (tertiary/aromatic N) is 2. The van der Waals surface area contributed by atoms with Gasteiger partial charge in [0.2, 0.25) is 0 Å². The summed E-state index contributed by atoms with van der Waals surface area (Å²) in [6.45, 7) is 0.730. The van der Waals surface area contributed by atoms with E-state index in [4.69, 9.17) is 4.74 Å². The first kappa shape index (κ1) is 12.6. The summed E-state index contributed by atoms with van der Waals surface area (Å²) in [6.07, 6.45) is -0.182. The molecule has 19 heavy (non-hydrogen) atoms. The van der Waals surface area contributed by atoms with Crippen LogP contribution >= 0.6 is 11.3 Å². The fourth-order valence-corrected chi connectivity index (χ4v) is 3.18. The zero-order valence-corrected chi connectivity index (χ0v) is 11.3. The number of methoxy groups -OCH3 is 1. The number of halogens is 2. The number of aromatic nitrogens is 1. The van der Waals surface area contributed by atoms with Crippen molar-refractivity contribution in [3.63, 3.8) is 0 Å². The first-order chi connectivity index (χ1) is 9.07. The summed E-state index contributed by atoms with van der Waals surface area (Å²) in [5, 5.41) is 0.818. The van der Waals surface area contributed by atoms with Gasteiger partial charge in [0.25, 0.3) is 5.92 Å². The third-order valence-corrected chi connectivity index (χ3v) is 4.45. The molecular weight excluding hydrogens is 270 g/mol. The van der Waals surface area contributed by atoms with Crippen LogP contribution < -0.4 is 9.64 Å². The molecule has 6 heteroatoms. The van der Waals surface area contributed by atoms with E-state index in [2.05, 4.69) is 4.98 Å². The molecule has 0 N–H and O–H groups in total. The molecule has 3 nitrogen and oxygen atoms in total. The molecule has 2 heterocycles. The zero-order chi connectivity index (χ0) is 13.5. The molecule has 0 saturated carbocycles. The number of anilines is 1. The van der Waals surface area contributed by atoms with Gasteiger partial charge >= 0.3 is 0 Å². The summed E-state index contributed by atoms with van der Waals surface area (Å²) in [4.78, 5) is 6.45. The van der Waals surface area contributed by atoms with Crippen molar-refractivity contribution in [1.82, 2.24) is 4.98 Å². The molecule has 0 aliphatic carbocycles. The van der Waals surface area contributed by atoms with Crippen molar-refractivity contribution in [2.45, 2.75) is 18.8 Å². The van der Waals surface area contributed by atoms with Gasteiger partial charge in [0.15, 0.2) is 5.13 Å². The molecule has 1 saturated heterocycles. The van der Waals surface area contributed by atoms with E-state index in [0.29, 0.717) is 13.1 Å². The summed E-state index contributed by atoms with van der Waals surface area (Å²) in [7, 11) is 1.61. The Morgan fingerprint density at radius 1 is 1.32 bits per heavy atom. The van der Waals surface area contributed by atoms with Crippen LogP contribution in [-0.2, 0) is 0 Å². The Hall–Kier alpha value is -1.43. The fraction of sp³-hybridized carbons (Fsp3) is 0.462. The second-order valence-corrected chi connectivity index (χ2v) is 5.68. The molecule has 1 aromatic carbocycles. The molecule has 1 aliphatic rings. The van der Waals surface area contributed by atoms with Crippen molar-refractivity contribution < 1.29 is 13.5 Å². The monoisotopic (exact) mass is 284 g/mol. The second kappa shape index (κ2) is 4.59. The Morgan fingerprint density at radius 3 is 2.74 bits per heavy atom. The SMILES string of the molecule is COc1ccc2sc(N3CCC(F)(F)CC3)nc2c1. The summed E-state index contributed by atoms with van der Waals surface area (Å²) in [5.41, 5.74) is 0.858. The predicted molar refractivity (Wildman–Crippen MR) is 72.6 cm³/mol. The van der Waals surface area contributed by atoms with Crippen LogP contribution in [0.4, 0.5) is 13.9 Å². The maximum absolute atomic E-state index is 13.1. The lowest BCUT2D eigenvalue weighted by atomic mass is 10.1. The number of ether oxygens (including phenoxy) is 1. The van der Waals surface area contributed by atoms with Gasteiger partial charge in [-0.25, -0.2) is 13.8 Å². The Labute approximate surface area is 113 Å². The molecule has 1 fully saturated rings. The van der Waals surface area contributed by atoms with Crippen LogP contribution in [0.5, 0.6) is 5.75 Å². The number of piperidine rings is 1. The van der Waals surface area contributed by atoms with Crippen LogP contribution in [0, 0.1) is 0 Å². The van der Waals surface area contributed by atoms with E-state index >= 15 is 0 Å². The number of hydrogen-bond donors (Lipinski definition) is 0. The smallest absolute Gasteiger partial charge is 0.251 e. The van der Waals surface area contributed by atoms with E-state index in [1.165, 1.54) is 11.3 Å². The van der Waals surface area contributed by atoms with E-state index in [0.717, 1.165) is 21.1 Å². The van der Waals surface area contributed by atoms with Crippen molar-refractivity contribution in [2.24, 2.45) is 0 Å². The summed E-state index contributed by atoms with van der Waals surface area (Å²) in [5.74, 6) is -1.76. The van der Waals surface area contributed by atoms with Gasteiger partial charge in [-0.1, -0.05) is 11.3 Å². The molecule has 0 radical (unpaired) electrons. The van der Waals surface area contributed by atoms with Crippen LogP contribution in [0.1, 0.15) is 12.8 Å². The maximum Gasteiger partial charge on any atom is 0.251 e. The number of alkyl halides is 2. The van der Waals surface area contributed by atoms with E-state index in [9.17, 15) is 8.78 Å². The molecule has 0 unspecified atom stereocenters. The molecule has 0 spiro atoms. The van der Waals surface area contributed by atoms with Crippen LogP contribution in [0.25, 0.3) is 10.2 Å². The van der Waals surface area contributed by atoms with Gasteiger partial charge in [0.1, 0.15) is 5.75 Å². The lowest BCUT2D eigenvalue weighted by Gasteiger charge is -2.31. The van der Waals surface area contributed by atoms with Gasteiger partial charge in [-0.2, -0.15) is 0 Å². The van der Waals surface area contributed by atoms with Crippen molar-refractivity contribution >= 4 is 26.7 Å². The van der Waals surface area contributed by atoms with Crippen molar-refractivity contribution in [3.8, 4) is 5.75 Å². The summed E-state index contributed by atoms with van der Waals surface area (Å²) < 4.78 is 32.5. The van der Waals surface area contributed by atoms with Crippen LogP contribution in [0.2, 0.25) is 0 Å². The molecule has 1 aliphatic heterocycles. The van der Waals surface area contributed by atoms with Gasteiger partial charge in [0, 0.05) is 32.0 Å². The third-order valence-electron chi connectivity index (χ3n) is 3.35.